The minimum absolute atomic E-state index is 0.489. The van der Waals surface area contributed by atoms with E-state index in [1.54, 1.807) is 0 Å². The molecule has 2 bridgehead atoms. The molecule has 4 atom stereocenters. The van der Waals surface area contributed by atoms with Crippen LogP contribution in [0.3, 0.4) is 0 Å². The number of hydrogen-bond acceptors (Lipinski definition) is 2. The molecule has 0 aromatic heterocycles. The fourth-order valence-corrected chi connectivity index (χ4v) is 5.25. The van der Waals surface area contributed by atoms with Gasteiger partial charge in [0.25, 0.3) is 0 Å². The zero-order chi connectivity index (χ0) is 13.6. The highest BCUT2D eigenvalue weighted by Crippen LogP contribution is 2.55. The summed E-state index contributed by atoms with van der Waals surface area (Å²) in [5, 5.41) is 4.58. The van der Waals surface area contributed by atoms with E-state index in [-0.39, 0.29) is 0 Å². The van der Waals surface area contributed by atoms with Crippen molar-refractivity contribution in [1.29, 1.82) is 0 Å². The molecule has 0 aliphatic carbocycles. The molecule has 2 nitrogen and oxygen atoms in total. The van der Waals surface area contributed by atoms with Gasteiger partial charge in [-0.3, -0.25) is 0 Å². The first-order valence-corrected chi connectivity index (χ1v) is 8.35. The lowest BCUT2D eigenvalue weighted by Crippen LogP contribution is -2.52. The van der Waals surface area contributed by atoms with Gasteiger partial charge in [0.1, 0.15) is 0 Å². The summed E-state index contributed by atoms with van der Waals surface area (Å²) in [6, 6.07) is 8.51. The molecule has 0 amide bonds. The van der Waals surface area contributed by atoms with E-state index in [2.05, 4.69) is 28.4 Å². The van der Waals surface area contributed by atoms with Crippen LogP contribution >= 0.6 is 11.6 Å². The SMILES string of the molecule is Clc1ccccc1C1CNCCC12CCN1CCC2C1. The van der Waals surface area contributed by atoms with Crippen LogP contribution in [0.15, 0.2) is 24.3 Å². The Morgan fingerprint density at radius 3 is 3.00 bits per heavy atom. The van der Waals surface area contributed by atoms with Crippen molar-refractivity contribution in [1.82, 2.24) is 10.2 Å². The highest BCUT2D eigenvalue weighted by atomic mass is 35.5. The van der Waals surface area contributed by atoms with Crippen molar-refractivity contribution in [2.45, 2.75) is 25.2 Å². The maximum absolute atomic E-state index is 6.52. The van der Waals surface area contributed by atoms with Crippen molar-refractivity contribution in [3.8, 4) is 0 Å². The van der Waals surface area contributed by atoms with Crippen LogP contribution in [0.2, 0.25) is 5.02 Å². The fourth-order valence-electron chi connectivity index (χ4n) is 4.99. The van der Waals surface area contributed by atoms with Crippen LogP contribution in [-0.2, 0) is 0 Å². The van der Waals surface area contributed by atoms with Crippen molar-refractivity contribution >= 4 is 11.6 Å². The zero-order valence-corrected chi connectivity index (χ0v) is 12.7. The number of nitrogens with zero attached hydrogens (tertiary/aromatic N) is 1. The second-order valence-corrected chi connectivity index (χ2v) is 7.20. The van der Waals surface area contributed by atoms with Crippen LogP contribution in [0.4, 0.5) is 0 Å². The summed E-state index contributed by atoms with van der Waals surface area (Å²) in [5.74, 6) is 1.47. The number of hydrogen-bond donors (Lipinski definition) is 1. The molecule has 20 heavy (non-hydrogen) atoms. The first kappa shape index (κ1) is 13.1. The average Bonchev–Trinajstić information content (AvgIpc) is 2.90. The van der Waals surface area contributed by atoms with Crippen LogP contribution in [0.1, 0.15) is 30.7 Å². The average molecular weight is 291 g/mol. The quantitative estimate of drug-likeness (QED) is 0.855. The highest BCUT2D eigenvalue weighted by molar-refractivity contribution is 6.31. The van der Waals surface area contributed by atoms with Gasteiger partial charge in [0.15, 0.2) is 0 Å². The largest absolute Gasteiger partial charge is 0.316 e. The van der Waals surface area contributed by atoms with Gasteiger partial charge in [-0.05, 0) is 61.9 Å². The number of benzene rings is 1. The summed E-state index contributed by atoms with van der Waals surface area (Å²) in [4.78, 5) is 2.65. The summed E-state index contributed by atoms with van der Waals surface area (Å²) >= 11 is 6.52. The smallest absolute Gasteiger partial charge is 0.0441 e. The molecular weight excluding hydrogens is 268 g/mol. The summed E-state index contributed by atoms with van der Waals surface area (Å²) in [6.07, 6.45) is 4.07. The molecule has 0 radical (unpaired) electrons. The zero-order valence-electron chi connectivity index (χ0n) is 11.9. The van der Waals surface area contributed by atoms with Crippen LogP contribution in [-0.4, -0.2) is 37.6 Å². The van der Waals surface area contributed by atoms with Crippen LogP contribution in [0.5, 0.6) is 0 Å². The van der Waals surface area contributed by atoms with Gasteiger partial charge in [0.05, 0.1) is 0 Å². The first-order valence-electron chi connectivity index (χ1n) is 7.97. The van der Waals surface area contributed by atoms with E-state index in [4.69, 9.17) is 11.6 Å². The van der Waals surface area contributed by atoms with Gasteiger partial charge in [-0.1, -0.05) is 29.8 Å². The molecule has 3 heteroatoms. The molecule has 4 rings (SSSR count). The Balaban J connectivity index is 1.74. The second-order valence-electron chi connectivity index (χ2n) is 6.80. The van der Waals surface area contributed by atoms with Crippen molar-refractivity contribution < 1.29 is 0 Å². The molecule has 3 fully saturated rings. The molecular formula is C17H23ClN2. The summed E-state index contributed by atoms with van der Waals surface area (Å²) < 4.78 is 0. The summed E-state index contributed by atoms with van der Waals surface area (Å²) in [6.45, 7) is 6.20. The lowest BCUT2D eigenvalue weighted by molar-refractivity contribution is 0.0330. The van der Waals surface area contributed by atoms with Gasteiger partial charge in [-0.15, -0.1) is 0 Å². The predicted octanol–water partition coefficient (Wildman–Crippen LogP) is 3.13. The second kappa shape index (κ2) is 5.01. The molecule has 3 saturated heterocycles. The third kappa shape index (κ3) is 1.93. The minimum atomic E-state index is 0.489. The van der Waals surface area contributed by atoms with Gasteiger partial charge in [0.2, 0.25) is 0 Å². The molecule has 3 aliphatic heterocycles. The van der Waals surface area contributed by atoms with Crippen molar-refractivity contribution in [2.24, 2.45) is 11.3 Å². The fraction of sp³-hybridized carbons (Fsp3) is 0.647. The summed E-state index contributed by atoms with van der Waals surface area (Å²) in [7, 11) is 0. The Hall–Kier alpha value is -0.570. The van der Waals surface area contributed by atoms with E-state index in [1.165, 1.54) is 51.0 Å². The van der Waals surface area contributed by atoms with Crippen molar-refractivity contribution in [3.05, 3.63) is 34.9 Å². The number of fused-ring (bicyclic) bond motifs is 3. The van der Waals surface area contributed by atoms with Crippen LogP contribution in [0.25, 0.3) is 0 Å². The minimum Gasteiger partial charge on any atom is -0.316 e. The predicted molar refractivity (Wildman–Crippen MR) is 83.3 cm³/mol. The monoisotopic (exact) mass is 290 g/mol. The number of piperidine rings is 2. The molecule has 1 aromatic rings. The van der Waals surface area contributed by atoms with Gasteiger partial charge in [0, 0.05) is 24.0 Å². The lowest BCUT2D eigenvalue weighted by Gasteiger charge is -2.51. The third-order valence-corrected chi connectivity index (χ3v) is 6.41. The maximum atomic E-state index is 6.52. The van der Waals surface area contributed by atoms with Gasteiger partial charge in [-0.25, -0.2) is 0 Å². The van der Waals surface area contributed by atoms with E-state index < -0.39 is 0 Å². The standard InChI is InChI=1S/C17H23ClN2/c18-16-4-2-1-3-14(16)15-11-19-8-6-17(15)7-10-20-9-5-13(17)12-20/h1-4,13,15,19H,5-12H2. The highest BCUT2D eigenvalue weighted by Gasteiger charge is 2.51. The van der Waals surface area contributed by atoms with Gasteiger partial charge >= 0.3 is 0 Å². The Morgan fingerprint density at radius 2 is 2.10 bits per heavy atom. The Kier molecular flexibility index (Phi) is 3.29. The van der Waals surface area contributed by atoms with E-state index in [1.807, 2.05) is 6.07 Å². The van der Waals surface area contributed by atoms with Crippen molar-refractivity contribution in [3.63, 3.8) is 0 Å². The molecule has 3 heterocycles. The maximum Gasteiger partial charge on any atom is 0.0441 e. The van der Waals surface area contributed by atoms with Crippen molar-refractivity contribution in [2.75, 3.05) is 32.7 Å². The topological polar surface area (TPSA) is 15.3 Å². The third-order valence-electron chi connectivity index (χ3n) is 6.07. The van der Waals surface area contributed by atoms with Crippen LogP contribution in [0, 0.1) is 11.3 Å². The van der Waals surface area contributed by atoms with Gasteiger partial charge < -0.3 is 10.2 Å². The van der Waals surface area contributed by atoms with E-state index in [9.17, 15) is 0 Å². The molecule has 1 aromatic carbocycles. The molecule has 0 saturated carbocycles. The Labute approximate surface area is 126 Å². The Morgan fingerprint density at radius 1 is 1.20 bits per heavy atom. The number of nitrogens with one attached hydrogen (secondary N) is 1. The first-order chi connectivity index (χ1) is 9.79. The van der Waals surface area contributed by atoms with Crippen LogP contribution < -0.4 is 5.32 Å². The lowest BCUT2D eigenvalue weighted by atomic mass is 9.58. The van der Waals surface area contributed by atoms with Gasteiger partial charge in [-0.2, -0.15) is 0 Å². The Bertz CT molecular complexity index is 504. The molecule has 3 aliphatic rings. The number of rotatable bonds is 1. The van der Waals surface area contributed by atoms with E-state index in [0.717, 1.165) is 17.5 Å². The van der Waals surface area contributed by atoms with E-state index >= 15 is 0 Å². The molecule has 4 unspecified atom stereocenters. The summed E-state index contributed by atoms with van der Waals surface area (Å²) in [5.41, 5.74) is 1.87. The molecule has 1 spiro atoms. The molecule has 108 valence electrons. The van der Waals surface area contributed by atoms with E-state index in [0.29, 0.717) is 11.3 Å². The number of halogens is 1. The normalized spacial score (nSPS) is 40.1. The molecule has 1 N–H and O–H groups in total.